The van der Waals surface area contributed by atoms with Crippen LogP contribution in [0, 0.1) is 0 Å². The van der Waals surface area contributed by atoms with Gasteiger partial charge in [-0.05, 0) is 12.1 Å². The second kappa shape index (κ2) is 3.81. The molecule has 0 saturated carbocycles. The molecule has 1 aliphatic rings. The molecular formula is C11H15N3O. The van der Waals surface area contributed by atoms with Crippen LogP contribution in [0.25, 0.3) is 0 Å². The van der Waals surface area contributed by atoms with Gasteiger partial charge >= 0.3 is 6.03 Å². The Hall–Kier alpha value is -1.71. The van der Waals surface area contributed by atoms with Crippen molar-refractivity contribution in [2.24, 2.45) is 0 Å². The number of para-hydroxylation sites is 2. The number of hydrogen-bond acceptors (Lipinski definition) is 2. The zero-order valence-corrected chi connectivity index (χ0v) is 9.03. The quantitative estimate of drug-likeness (QED) is 0.789. The molecule has 0 aliphatic carbocycles. The summed E-state index contributed by atoms with van der Waals surface area (Å²) in [6.07, 6.45) is 0. The van der Waals surface area contributed by atoms with Gasteiger partial charge in [0, 0.05) is 27.2 Å². The molecule has 2 amide bonds. The van der Waals surface area contributed by atoms with E-state index in [4.69, 9.17) is 0 Å². The third-order valence-corrected chi connectivity index (χ3v) is 2.51. The van der Waals surface area contributed by atoms with Crippen LogP contribution in [0.4, 0.5) is 16.2 Å². The SMILES string of the molecule is CN(C)c1ccccc1N1CCNC1=O. The van der Waals surface area contributed by atoms with E-state index in [1.54, 1.807) is 4.90 Å². The molecule has 1 heterocycles. The summed E-state index contributed by atoms with van der Waals surface area (Å²) in [6, 6.07) is 7.91. The van der Waals surface area contributed by atoms with Crippen molar-refractivity contribution in [3.63, 3.8) is 0 Å². The lowest BCUT2D eigenvalue weighted by molar-refractivity contribution is 0.252. The van der Waals surface area contributed by atoms with Crippen molar-refractivity contribution < 1.29 is 4.79 Å². The molecule has 0 radical (unpaired) electrons. The molecule has 0 aromatic heterocycles. The van der Waals surface area contributed by atoms with Gasteiger partial charge in [-0.2, -0.15) is 0 Å². The first-order valence-electron chi connectivity index (χ1n) is 5.02. The van der Waals surface area contributed by atoms with Crippen LogP contribution in [-0.2, 0) is 0 Å². The van der Waals surface area contributed by atoms with Gasteiger partial charge in [0.15, 0.2) is 0 Å². The predicted octanol–water partition coefficient (Wildman–Crippen LogP) is 1.28. The summed E-state index contributed by atoms with van der Waals surface area (Å²) in [5.74, 6) is 0. The van der Waals surface area contributed by atoms with Crippen LogP contribution in [0.15, 0.2) is 24.3 Å². The number of anilines is 2. The largest absolute Gasteiger partial charge is 0.376 e. The molecule has 0 bridgehead atoms. The highest BCUT2D eigenvalue weighted by atomic mass is 16.2. The Balaban J connectivity index is 2.38. The third kappa shape index (κ3) is 1.75. The third-order valence-electron chi connectivity index (χ3n) is 2.51. The van der Waals surface area contributed by atoms with Gasteiger partial charge in [0.05, 0.1) is 11.4 Å². The van der Waals surface area contributed by atoms with Crippen molar-refractivity contribution >= 4 is 17.4 Å². The van der Waals surface area contributed by atoms with Crippen molar-refractivity contribution in [2.45, 2.75) is 0 Å². The lowest BCUT2D eigenvalue weighted by atomic mass is 10.2. The average molecular weight is 205 g/mol. The molecule has 1 saturated heterocycles. The Kier molecular flexibility index (Phi) is 2.49. The molecule has 1 N–H and O–H groups in total. The minimum atomic E-state index is -0.00991. The van der Waals surface area contributed by atoms with E-state index in [1.165, 1.54) is 0 Å². The molecular weight excluding hydrogens is 190 g/mol. The smallest absolute Gasteiger partial charge is 0.322 e. The molecule has 0 unspecified atom stereocenters. The summed E-state index contributed by atoms with van der Waals surface area (Å²) in [4.78, 5) is 15.3. The predicted molar refractivity (Wildman–Crippen MR) is 61.5 cm³/mol. The molecule has 0 spiro atoms. The fourth-order valence-corrected chi connectivity index (χ4v) is 1.77. The Morgan fingerprint density at radius 3 is 2.67 bits per heavy atom. The van der Waals surface area contributed by atoms with Gasteiger partial charge in [-0.3, -0.25) is 4.90 Å². The van der Waals surface area contributed by atoms with Crippen LogP contribution in [-0.4, -0.2) is 33.2 Å². The highest BCUT2D eigenvalue weighted by Crippen LogP contribution is 2.28. The molecule has 2 rings (SSSR count). The van der Waals surface area contributed by atoms with Crippen molar-refractivity contribution in [1.82, 2.24) is 5.32 Å². The first kappa shape index (κ1) is 9.83. The van der Waals surface area contributed by atoms with Gasteiger partial charge < -0.3 is 10.2 Å². The van der Waals surface area contributed by atoms with Crippen molar-refractivity contribution in [1.29, 1.82) is 0 Å². The minimum Gasteiger partial charge on any atom is -0.376 e. The van der Waals surface area contributed by atoms with Gasteiger partial charge in [-0.15, -0.1) is 0 Å². The van der Waals surface area contributed by atoms with Gasteiger partial charge in [0.1, 0.15) is 0 Å². The van der Waals surface area contributed by atoms with Crippen LogP contribution in [0.2, 0.25) is 0 Å². The maximum Gasteiger partial charge on any atom is 0.322 e. The van der Waals surface area contributed by atoms with Gasteiger partial charge in [0.25, 0.3) is 0 Å². The molecule has 1 aromatic rings. The van der Waals surface area contributed by atoms with E-state index in [0.717, 1.165) is 24.5 Å². The van der Waals surface area contributed by atoms with E-state index in [1.807, 2.05) is 43.3 Å². The number of nitrogens with zero attached hydrogens (tertiary/aromatic N) is 2. The molecule has 1 aliphatic heterocycles. The Morgan fingerprint density at radius 1 is 1.33 bits per heavy atom. The summed E-state index contributed by atoms with van der Waals surface area (Å²) in [6.45, 7) is 1.46. The van der Waals surface area contributed by atoms with Gasteiger partial charge in [0.2, 0.25) is 0 Å². The number of carbonyl (C=O) groups is 1. The standard InChI is InChI=1S/C11H15N3O/c1-13(2)9-5-3-4-6-10(9)14-8-7-12-11(14)15/h3-6H,7-8H2,1-2H3,(H,12,15). The molecule has 1 aromatic carbocycles. The zero-order chi connectivity index (χ0) is 10.8. The highest BCUT2D eigenvalue weighted by Gasteiger charge is 2.23. The maximum absolute atomic E-state index is 11.5. The number of rotatable bonds is 2. The van der Waals surface area contributed by atoms with E-state index in [0.29, 0.717) is 0 Å². The molecule has 15 heavy (non-hydrogen) atoms. The van der Waals surface area contributed by atoms with Crippen LogP contribution in [0.3, 0.4) is 0 Å². The Morgan fingerprint density at radius 2 is 2.07 bits per heavy atom. The lowest BCUT2D eigenvalue weighted by Crippen LogP contribution is -2.29. The topological polar surface area (TPSA) is 35.6 Å². The molecule has 4 heteroatoms. The fourth-order valence-electron chi connectivity index (χ4n) is 1.77. The Bertz CT molecular complexity index is 376. The average Bonchev–Trinajstić information content (AvgIpc) is 2.64. The van der Waals surface area contributed by atoms with E-state index >= 15 is 0 Å². The maximum atomic E-state index is 11.5. The molecule has 80 valence electrons. The number of amides is 2. The number of urea groups is 1. The molecule has 4 nitrogen and oxygen atoms in total. The number of nitrogens with one attached hydrogen (secondary N) is 1. The fraction of sp³-hybridized carbons (Fsp3) is 0.364. The van der Waals surface area contributed by atoms with E-state index in [-0.39, 0.29) is 6.03 Å². The Labute approximate surface area is 89.5 Å². The normalized spacial score (nSPS) is 15.3. The summed E-state index contributed by atoms with van der Waals surface area (Å²) in [5.41, 5.74) is 2.03. The first-order valence-corrected chi connectivity index (χ1v) is 5.02. The monoisotopic (exact) mass is 205 g/mol. The number of benzene rings is 1. The number of carbonyl (C=O) groups excluding carboxylic acids is 1. The lowest BCUT2D eigenvalue weighted by Gasteiger charge is -2.22. The van der Waals surface area contributed by atoms with E-state index < -0.39 is 0 Å². The van der Waals surface area contributed by atoms with Crippen LogP contribution in [0.5, 0.6) is 0 Å². The molecule has 1 fully saturated rings. The first-order chi connectivity index (χ1) is 7.20. The highest BCUT2D eigenvalue weighted by molar-refractivity contribution is 5.97. The van der Waals surface area contributed by atoms with Gasteiger partial charge in [-0.1, -0.05) is 12.1 Å². The number of hydrogen-bond donors (Lipinski definition) is 1. The second-order valence-electron chi connectivity index (χ2n) is 3.77. The van der Waals surface area contributed by atoms with E-state index in [9.17, 15) is 4.79 Å². The summed E-state index contributed by atoms with van der Waals surface area (Å²) in [7, 11) is 3.96. The van der Waals surface area contributed by atoms with Crippen molar-refractivity contribution in [3.05, 3.63) is 24.3 Å². The van der Waals surface area contributed by atoms with Gasteiger partial charge in [-0.25, -0.2) is 4.79 Å². The second-order valence-corrected chi connectivity index (χ2v) is 3.77. The van der Waals surface area contributed by atoms with Crippen LogP contribution >= 0.6 is 0 Å². The zero-order valence-electron chi connectivity index (χ0n) is 9.03. The van der Waals surface area contributed by atoms with Crippen LogP contribution in [0.1, 0.15) is 0 Å². The minimum absolute atomic E-state index is 0.00991. The van der Waals surface area contributed by atoms with Crippen LogP contribution < -0.4 is 15.1 Å². The van der Waals surface area contributed by atoms with E-state index in [2.05, 4.69) is 5.32 Å². The summed E-state index contributed by atoms with van der Waals surface area (Å²) < 4.78 is 0. The van der Waals surface area contributed by atoms with Crippen molar-refractivity contribution in [3.8, 4) is 0 Å². The summed E-state index contributed by atoms with van der Waals surface area (Å²) in [5, 5.41) is 2.80. The van der Waals surface area contributed by atoms with Crippen molar-refractivity contribution in [2.75, 3.05) is 37.0 Å². The summed E-state index contributed by atoms with van der Waals surface area (Å²) >= 11 is 0. The molecule has 0 atom stereocenters.